The molecule has 106 valence electrons. The zero-order valence-corrected chi connectivity index (χ0v) is 11.8. The summed E-state index contributed by atoms with van der Waals surface area (Å²) in [5.74, 6) is -0.0314. The maximum atomic E-state index is 11.6. The molecule has 0 N–H and O–H groups in total. The van der Waals surface area contributed by atoms with Gasteiger partial charge in [-0.3, -0.25) is 9.08 Å². The van der Waals surface area contributed by atoms with Gasteiger partial charge in [-0.2, -0.15) is 8.42 Å². The first-order chi connectivity index (χ1) is 9.11. The highest BCUT2D eigenvalue weighted by atomic mass is 32.2. The van der Waals surface area contributed by atoms with Gasteiger partial charge in [0.25, 0.3) is 10.1 Å². The van der Waals surface area contributed by atoms with E-state index in [1.165, 1.54) is 12.7 Å². The molecule has 1 fully saturated rings. The molecule has 0 aliphatic carbocycles. The molecule has 1 aliphatic heterocycles. The van der Waals surface area contributed by atoms with Gasteiger partial charge in [-0.25, -0.2) is 0 Å². The number of nitrogens with zero attached hydrogens (tertiary/aromatic N) is 1. The van der Waals surface area contributed by atoms with Gasteiger partial charge in [0.15, 0.2) is 0 Å². The molecule has 0 saturated carbocycles. The Morgan fingerprint density at radius 1 is 1.37 bits per heavy atom. The van der Waals surface area contributed by atoms with Crippen LogP contribution in [0.1, 0.15) is 5.56 Å². The lowest BCUT2D eigenvalue weighted by Gasteiger charge is -2.35. The Hall–Kier alpha value is -0.950. The zero-order valence-electron chi connectivity index (χ0n) is 11.0. The van der Waals surface area contributed by atoms with Gasteiger partial charge in [-0.05, 0) is 5.56 Å². The smallest absolute Gasteiger partial charge is 0.268 e. The molecule has 2 rings (SSSR count). The van der Waals surface area contributed by atoms with Crippen LogP contribution in [0, 0.1) is 0 Å². The third-order valence-corrected chi connectivity index (χ3v) is 4.53. The summed E-state index contributed by atoms with van der Waals surface area (Å²) in [6.07, 6.45) is 0. The summed E-state index contributed by atoms with van der Waals surface area (Å²) in [4.78, 5) is 2.13. The van der Waals surface area contributed by atoms with Gasteiger partial charge in [0.2, 0.25) is 0 Å². The molecule has 1 aromatic carbocycles. The number of benzene rings is 1. The van der Waals surface area contributed by atoms with E-state index in [-0.39, 0.29) is 11.8 Å². The second-order valence-electron chi connectivity index (χ2n) is 4.58. The minimum atomic E-state index is -3.47. The van der Waals surface area contributed by atoms with Crippen molar-refractivity contribution in [2.45, 2.75) is 12.6 Å². The van der Waals surface area contributed by atoms with Crippen LogP contribution in [0.25, 0.3) is 0 Å². The fourth-order valence-corrected chi connectivity index (χ4v) is 3.09. The summed E-state index contributed by atoms with van der Waals surface area (Å²) in [5, 5.41) is 0. The molecule has 0 bridgehead atoms. The van der Waals surface area contributed by atoms with Crippen LogP contribution in [0.5, 0.6) is 0 Å². The lowest BCUT2D eigenvalue weighted by molar-refractivity contribution is -0.00373. The van der Waals surface area contributed by atoms with Crippen molar-refractivity contribution in [2.24, 2.45) is 0 Å². The van der Waals surface area contributed by atoms with Gasteiger partial charge in [0.05, 0.1) is 26.1 Å². The molecule has 1 atom stereocenters. The van der Waals surface area contributed by atoms with Gasteiger partial charge < -0.3 is 4.74 Å². The average Bonchev–Trinajstić information content (AvgIpc) is 2.42. The fraction of sp³-hybridized carbons (Fsp3) is 0.538. The quantitative estimate of drug-likeness (QED) is 0.751. The zero-order chi connectivity index (χ0) is 13.7. The first-order valence-electron chi connectivity index (χ1n) is 6.25. The van der Waals surface area contributed by atoms with E-state index in [2.05, 4.69) is 9.08 Å². The molecule has 6 heteroatoms. The Morgan fingerprint density at radius 3 is 2.79 bits per heavy atom. The number of morpholine rings is 1. The molecule has 0 unspecified atom stereocenters. The van der Waals surface area contributed by atoms with E-state index in [1.54, 1.807) is 0 Å². The van der Waals surface area contributed by atoms with Gasteiger partial charge in [0, 0.05) is 19.1 Å². The van der Waals surface area contributed by atoms with E-state index < -0.39 is 10.1 Å². The van der Waals surface area contributed by atoms with E-state index >= 15 is 0 Å². The lowest BCUT2D eigenvalue weighted by Crippen LogP contribution is -2.48. The van der Waals surface area contributed by atoms with Crippen LogP contribution in [0.2, 0.25) is 0 Å². The predicted octanol–water partition coefficient (Wildman–Crippen LogP) is 0.864. The number of rotatable bonds is 5. The van der Waals surface area contributed by atoms with Crippen LogP contribution in [0.3, 0.4) is 0 Å². The second kappa shape index (κ2) is 6.47. The van der Waals surface area contributed by atoms with Crippen LogP contribution in [0.15, 0.2) is 30.3 Å². The van der Waals surface area contributed by atoms with Gasteiger partial charge in [-0.15, -0.1) is 0 Å². The van der Waals surface area contributed by atoms with E-state index in [9.17, 15) is 8.42 Å². The molecule has 0 spiro atoms. The fourth-order valence-electron chi connectivity index (χ4n) is 2.17. The second-order valence-corrected chi connectivity index (χ2v) is 6.36. The molecule has 0 aromatic heterocycles. The van der Waals surface area contributed by atoms with Gasteiger partial charge in [0.1, 0.15) is 0 Å². The lowest BCUT2D eigenvalue weighted by atomic mass is 10.1. The topological polar surface area (TPSA) is 55.8 Å². The molecule has 0 radical (unpaired) electrons. The predicted molar refractivity (Wildman–Crippen MR) is 72.3 cm³/mol. The number of hydrogen-bond donors (Lipinski definition) is 0. The Bertz CT molecular complexity index is 489. The summed E-state index contributed by atoms with van der Waals surface area (Å²) < 4.78 is 33.0. The minimum Gasteiger partial charge on any atom is -0.378 e. The molecular formula is C13H19NO4S. The average molecular weight is 285 g/mol. The maximum absolute atomic E-state index is 11.6. The highest BCUT2D eigenvalue weighted by Gasteiger charge is 2.28. The van der Waals surface area contributed by atoms with Crippen LogP contribution < -0.4 is 0 Å². The Morgan fingerprint density at radius 2 is 2.11 bits per heavy atom. The van der Waals surface area contributed by atoms with Crippen molar-refractivity contribution in [3.63, 3.8) is 0 Å². The van der Waals surface area contributed by atoms with Crippen LogP contribution in [0.4, 0.5) is 0 Å². The standard InChI is InChI=1S/C13H19NO4S/c1-17-19(15,16)11-13-10-18-8-7-14(13)9-12-5-3-2-4-6-12/h2-6,13H,7-11H2,1H3/t13-/m0/s1. The SMILES string of the molecule is COS(=O)(=O)C[C@@H]1COCCN1Cc1ccccc1. The van der Waals surface area contributed by atoms with Crippen molar-refractivity contribution in [2.75, 3.05) is 32.6 Å². The minimum absolute atomic E-state index is 0.0314. The van der Waals surface area contributed by atoms with E-state index in [0.717, 1.165) is 13.1 Å². The third kappa shape index (κ3) is 4.28. The molecule has 1 saturated heterocycles. The first kappa shape index (κ1) is 14.5. The van der Waals surface area contributed by atoms with Crippen molar-refractivity contribution in [1.29, 1.82) is 0 Å². The van der Waals surface area contributed by atoms with Gasteiger partial charge in [-0.1, -0.05) is 30.3 Å². The van der Waals surface area contributed by atoms with Crippen molar-refractivity contribution in [3.8, 4) is 0 Å². The Kier molecular flexibility index (Phi) is 4.93. The summed E-state index contributed by atoms with van der Waals surface area (Å²) >= 11 is 0. The molecule has 5 nitrogen and oxygen atoms in total. The van der Waals surface area contributed by atoms with E-state index in [4.69, 9.17) is 4.74 Å². The van der Waals surface area contributed by atoms with E-state index in [0.29, 0.717) is 13.2 Å². The van der Waals surface area contributed by atoms with Crippen LogP contribution >= 0.6 is 0 Å². The largest absolute Gasteiger partial charge is 0.378 e. The van der Waals surface area contributed by atoms with E-state index in [1.807, 2.05) is 30.3 Å². The molecule has 1 aromatic rings. The van der Waals surface area contributed by atoms with Crippen molar-refractivity contribution in [3.05, 3.63) is 35.9 Å². The summed E-state index contributed by atoms with van der Waals surface area (Å²) in [5.41, 5.74) is 1.17. The van der Waals surface area contributed by atoms with Crippen molar-refractivity contribution < 1.29 is 17.3 Å². The summed E-state index contributed by atoms with van der Waals surface area (Å²) in [6, 6.07) is 9.86. The molecule has 1 heterocycles. The van der Waals surface area contributed by atoms with Crippen LogP contribution in [-0.2, 0) is 25.6 Å². The van der Waals surface area contributed by atoms with Gasteiger partial charge >= 0.3 is 0 Å². The third-order valence-electron chi connectivity index (χ3n) is 3.23. The molecule has 1 aliphatic rings. The molecule has 0 amide bonds. The first-order valence-corrected chi connectivity index (χ1v) is 7.82. The summed E-state index contributed by atoms with van der Waals surface area (Å²) in [7, 11) is -2.27. The normalized spacial score (nSPS) is 21.4. The number of ether oxygens (including phenoxy) is 1. The van der Waals surface area contributed by atoms with Crippen molar-refractivity contribution >= 4 is 10.1 Å². The summed E-state index contributed by atoms with van der Waals surface area (Å²) in [6.45, 7) is 2.53. The van der Waals surface area contributed by atoms with Crippen LogP contribution in [-0.4, -0.2) is 52.0 Å². The monoisotopic (exact) mass is 285 g/mol. The Labute approximate surface area is 114 Å². The number of hydrogen-bond acceptors (Lipinski definition) is 5. The van der Waals surface area contributed by atoms with Crippen molar-refractivity contribution in [1.82, 2.24) is 4.90 Å². The highest BCUT2D eigenvalue weighted by Crippen LogP contribution is 2.14. The maximum Gasteiger partial charge on any atom is 0.268 e. The molecular weight excluding hydrogens is 266 g/mol. The Balaban J connectivity index is 2.04. The highest BCUT2D eigenvalue weighted by molar-refractivity contribution is 7.86. The molecule has 19 heavy (non-hydrogen) atoms.